The van der Waals surface area contributed by atoms with Gasteiger partial charge in [0.05, 0.1) is 16.7 Å². The van der Waals surface area contributed by atoms with E-state index >= 15 is 0 Å². The first kappa shape index (κ1) is 21.2. The number of carboxylic acids is 1. The predicted molar refractivity (Wildman–Crippen MR) is 129 cm³/mol. The molecule has 0 spiro atoms. The fraction of sp³-hybridized carbons (Fsp3) is 0.111. The zero-order valence-electron chi connectivity index (χ0n) is 17.6. The molecule has 3 aromatic carbocycles. The van der Waals surface area contributed by atoms with Crippen LogP contribution in [0, 0.1) is 11.7 Å². The Hall–Kier alpha value is -3.70. The van der Waals surface area contributed by atoms with E-state index in [4.69, 9.17) is 16.7 Å². The summed E-state index contributed by atoms with van der Waals surface area (Å²) in [6, 6.07) is 18.4. The van der Waals surface area contributed by atoms with Crippen molar-refractivity contribution in [3.8, 4) is 0 Å². The first-order chi connectivity index (χ1) is 16.0. The second-order valence-corrected chi connectivity index (χ2v) is 8.56. The minimum absolute atomic E-state index is 0.328. The second-order valence-electron chi connectivity index (χ2n) is 8.15. The van der Waals surface area contributed by atoms with Gasteiger partial charge in [0.15, 0.2) is 0 Å². The molecular weight excluding hydrogens is 439 g/mol. The molecule has 1 saturated carbocycles. The highest BCUT2D eigenvalue weighted by Gasteiger charge is 2.31. The highest BCUT2D eigenvalue weighted by Crippen LogP contribution is 2.49. The lowest BCUT2D eigenvalue weighted by Gasteiger charge is -2.18. The molecule has 2 N–H and O–H groups in total. The van der Waals surface area contributed by atoms with Crippen LogP contribution in [0.4, 0.5) is 4.39 Å². The summed E-state index contributed by atoms with van der Waals surface area (Å²) in [6.07, 6.45) is 6.55. The number of hydrogen-bond acceptors (Lipinski definition) is 2. The van der Waals surface area contributed by atoms with Crippen molar-refractivity contribution in [2.24, 2.45) is 5.92 Å². The minimum Gasteiger partial charge on any atom is -0.478 e. The maximum Gasteiger partial charge on any atom is 0.328 e. The van der Waals surface area contributed by atoms with Crippen molar-refractivity contribution in [3.05, 3.63) is 106 Å². The molecule has 1 aliphatic rings. The Morgan fingerprint density at radius 2 is 1.82 bits per heavy atom. The third-order valence-electron chi connectivity index (χ3n) is 5.82. The number of allylic oxidation sites excluding steroid dienone is 1. The van der Waals surface area contributed by atoms with Crippen LogP contribution in [0.25, 0.3) is 28.1 Å². The molecule has 1 aliphatic carbocycles. The topological polar surface area (TPSA) is 66.0 Å². The third kappa shape index (κ3) is 4.45. The van der Waals surface area contributed by atoms with Gasteiger partial charge >= 0.3 is 5.97 Å². The maximum atomic E-state index is 13.8. The molecule has 0 bridgehead atoms. The molecule has 0 amide bonds. The summed E-state index contributed by atoms with van der Waals surface area (Å²) in [5.74, 6) is -1.03. The molecule has 0 aliphatic heterocycles. The zero-order chi connectivity index (χ0) is 22.9. The number of rotatable bonds is 6. The SMILES string of the molecule is O=C(O)/C=C/c1ccc(C(=C(c2ccc(F)cc2Cl)C2CC2)c2ccc3[nH]ncc3c2)cc1. The molecule has 6 heteroatoms. The zero-order valence-corrected chi connectivity index (χ0v) is 18.3. The summed E-state index contributed by atoms with van der Waals surface area (Å²) in [5, 5.41) is 17.4. The van der Waals surface area contributed by atoms with Gasteiger partial charge in [0.25, 0.3) is 0 Å². The molecule has 5 rings (SSSR count). The van der Waals surface area contributed by atoms with Crippen LogP contribution in [0.5, 0.6) is 0 Å². The molecule has 0 saturated heterocycles. The second kappa shape index (κ2) is 8.68. The molecule has 4 nitrogen and oxygen atoms in total. The highest BCUT2D eigenvalue weighted by molar-refractivity contribution is 6.32. The van der Waals surface area contributed by atoms with E-state index in [1.165, 1.54) is 12.1 Å². The van der Waals surface area contributed by atoms with Crippen molar-refractivity contribution < 1.29 is 14.3 Å². The number of fused-ring (bicyclic) bond motifs is 1. The molecule has 1 aromatic heterocycles. The number of nitrogens with zero attached hydrogens (tertiary/aromatic N) is 1. The van der Waals surface area contributed by atoms with Crippen LogP contribution >= 0.6 is 11.6 Å². The first-order valence-electron chi connectivity index (χ1n) is 10.6. The lowest BCUT2D eigenvalue weighted by atomic mass is 9.86. The normalized spacial score (nSPS) is 14.6. The number of H-pyrrole nitrogens is 1. The average molecular weight is 459 g/mol. The van der Waals surface area contributed by atoms with Crippen LogP contribution in [-0.2, 0) is 4.79 Å². The summed E-state index contributed by atoms with van der Waals surface area (Å²) in [4.78, 5) is 10.9. The van der Waals surface area contributed by atoms with Crippen LogP contribution in [0.3, 0.4) is 0 Å². The van der Waals surface area contributed by atoms with Crippen molar-refractivity contribution >= 4 is 45.7 Å². The van der Waals surface area contributed by atoms with Gasteiger partial charge in [-0.05, 0) is 82.5 Å². The van der Waals surface area contributed by atoms with Crippen LogP contribution in [0.15, 0.2) is 72.9 Å². The molecule has 164 valence electrons. The monoisotopic (exact) mass is 458 g/mol. The number of halogens is 2. The van der Waals surface area contributed by atoms with E-state index in [2.05, 4.69) is 16.3 Å². The Bertz CT molecular complexity index is 1420. The molecule has 0 radical (unpaired) electrons. The number of aromatic amines is 1. The molecule has 1 fully saturated rings. The molecule has 33 heavy (non-hydrogen) atoms. The molecule has 0 unspecified atom stereocenters. The van der Waals surface area contributed by atoms with Crippen molar-refractivity contribution in [1.29, 1.82) is 0 Å². The van der Waals surface area contributed by atoms with E-state index in [-0.39, 0.29) is 5.82 Å². The van der Waals surface area contributed by atoms with Crippen molar-refractivity contribution in [1.82, 2.24) is 10.2 Å². The number of hydrogen-bond donors (Lipinski definition) is 2. The lowest BCUT2D eigenvalue weighted by Crippen LogP contribution is -1.99. The standard InChI is InChI=1S/C27H20ClFN2O2/c28-23-14-21(29)9-10-22(23)27(18-6-7-18)26(19-8-11-24-20(13-19)15-30-31-24)17-4-1-16(2-5-17)3-12-25(32)33/h1-5,8-15,18H,6-7H2,(H,30,31)(H,32,33)/b12-3+,27-26?. The van der Waals surface area contributed by atoms with Gasteiger partial charge < -0.3 is 5.11 Å². The van der Waals surface area contributed by atoms with Gasteiger partial charge in [-0.3, -0.25) is 5.10 Å². The Morgan fingerprint density at radius 1 is 1.06 bits per heavy atom. The van der Waals surface area contributed by atoms with Crippen molar-refractivity contribution in [2.75, 3.05) is 0 Å². The summed E-state index contributed by atoms with van der Waals surface area (Å²) < 4.78 is 13.8. The van der Waals surface area contributed by atoms with Crippen LogP contribution < -0.4 is 0 Å². The first-order valence-corrected chi connectivity index (χ1v) is 11.0. The minimum atomic E-state index is -0.991. The van der Waals surface area contributed by atoms with Crippen molar-refractivity contribution in [3.63, 3.8) is 0 Å². The van der Waals surface area contributed by atoms with Crippen LogP contribution in [0.2, 0.25) is 5.02 Å². The number of carboxylic acid groups (broad SMARTS) is 1. The van der Waals surface area contributed by atoms with E-state index in [9.17, 15) is 9.18 Å². The van der Waals surface area contributed by atoms with Gasteiger partial charge in [0.2, 0.25) is 0 Å². The lowest BCUT2D eigenvalue weighted by molar-refractivity contribution is -0.131. The number of benzene rings is 3. The van der Waals surface area contributed by atoms with E-state index in [0.717, 1.165) is 63.2 Å². The summed E-state index contributed by atoms with van der Waals surface area (Å²) in [6.45, 7) is 0. The van der Waals surface area contributed by atoms with Gasteiger partial charge in [-0.25, -0.2) is 9.18 Å². The third-order valence-corrected chi connectivity index (χ3v) is 6.14. The molecule has 1 heterocycles. The van der Waals surface area contributed by atoms with E-state index in [1.807, 2.05) is 36.4 Å². The highest BCUT2D eigenvalue weighted by atomic mass is 35.5. The fourth-order valence-corrected chi connectivity index (χ4v) is 4.41. The fourth-order valence-electron chi connectivity index (χ4n) is 4.14. The Morgan fingerprint density at radius 3 is 2.52 bits per heavy atom. The van der Waals surface area contributed by atoms with Crippen LogP contribution in [-0.4, -0.2) is 21.3 Å². The van der Waals surface area contributed by atoms with Crippen molar-refractivity contribution in [2.45, 2.75) is 12.8 Å². The largest absolute Gasteiger partial charge is 0.478 e. The van der Waals surface area contributed by atoms with Gasteiger partial charge in [0.1, 0.15) is 5.82 Å². The average Bonchev–Trinajstić information content (AvgIpc) is 3.53. The Kier molecular flexibility index (Phi) is 5.56. The number of aromatic nitrogens is 2. The van der Waals surface area contributed by atoms with Crippen LogP contribution in [0.1, 0.15) is 35.1 Å². The predicted octanol–water partition coefficient (Wildman–Crippen LogP) is 6.82. The molecular formula is C27H20ClFN2O2. The van der Waals surface area contributed by atoms with Gasteiger partial charge in [-0.15, -0.1) is 0 Å². The number of aliphatic carboxylic acids is 1. The van der Waals surface area contributed by atoms with Gasteiger partial charge in [-0.1, -0.05) is 48.0 Å². The van der Waals surface area contributed by atoms with E-state index < -0.39 is 5.97 Å². The number of nitrogens with one attached hydrogen (secondary N) is 1. The quantitative estimate of drug-likeness (QED) is 0.246. The molecule has 0 atom stereocenters. The maximum absolute atomic E-state index is 13.8. The number of carbonyl (C=O) groups is 1. The summed E-state index contributed by atoms with van der Waals surface area (Å²) in [7, 11) is 0. The summed E-state index contributed by atoms with van der Waals surface area (Å²) >= 11 is 6.53. The van der Waals surface area contributed by atoms with Gasteiger partial charge in [0, 0.05) is 11.5 Å². The smallest absolute Gasteiger partial charge is 0.328 e. The van der Waals surface area contributed by atoms with E-state index in [0.29, 0.717) is 10.9 Å². The Balaban J connectivity index is 1.73. The molecule has 4 aromatic rings. The van der Waals surface area contributed by atoms with Gasteiger partial charge in [-0.2, -0.15) is 5.10 Å². The Labute approximate surface area is 195 Å². The van der Waals surface area contributed by atoms with E-state index in [1.54, 1.807) is 18.3 Å². The summed E-state index contributed by atoms with van der Waals surface area (Å²) in [5.41, 5.74) is 6.68.